The molecular weight excluding hydrogens is 925 g/mol. The lowest BCUT2D eigenvalue weighted by Gasteiger charge is -2.18. The Morgan fingerprint density at radius 3 is 0.813 bits per heavy atom. The third-order valence-corrected chi connectivity index (χ3v) is 14.9. The molecule has 75 heavy (non-hydrogen) atoms. The molecule has 0 N–H and O–H groups in total. The lowest BCUT2D eigenvalue weighted by Crippen LogP contribution is -2.30. The summed E-state index contributed by atoms with van der Waals surface area (Å²) < 4.78 is 16.9. The first-order valence-corrected chi connectivity index (χ1v) is 33.1. The molecule has 0 aliphatic heterocycles. The summed E-state index contributed by atoms with van der Waals surface area (Å²) >= 11 is 0. The zero-order valence-electron chi connectivity index (χ0n) is 50.3. The first-order valence-electron chi connectivity index (χ1n) is 33.1. The van der Waals surface area contributed by atoms with E-state index in [1.165, 1.54) is 244 Å². The number of allylic oxidation sites excluding steroid dienone is 8. The Morgan fingerprint density at radius 1 is 0.280 bits per heavy atom. The van der Waals surface area contributed by atoms with Crippen molar-refractivity contribution in [1.82, 2.24) is 0 Å². The minimum atomic E-state index is -0.799. The summed E-state index contributed by atoms with van der Waals surface area (Å²) in [5.41, 5.74) is 0. The molecule has 0 aromatic heterocycles. The molecule has 0 fully saturated rings. The van der Waals surface area contributed by atoms with Gasteiger partial charge in [0.2, 0.25) is 0 Å². The summed E-state index contributed by atoms with van der Waals surface area (Å²) in [4.78, 5) is 38.3. The van der Waals surface area contributed by atoms with Crippen LogP contribution >= 0.6 is 0 Å². The highest BCUT2D eigenvalue weighted by molar-refractivity contribution is 5.71. The smallest absolute Gasteiger partial charge is 0.306 e. The van der Waals surface area contributed by atoms with Crippen LogP contribution in [0.25, 0.3) is 0 Å². The van der Waals surface area contributed by atoms with Crippen LogP contribution in [-0.2, 0) is 28.6 Å². The van der Waals surface area contributed by atoms with Gasteiger partial charge in [-0.2, -0.15) is 0 Å². The van der Waals surface area contributed by atoms with E-state index in [1.54, 1.807) is 0 Å². The summed E-state index contributed by atoms with van der Waals surface area (Å²) in [6.07, 6.45) is 80.1. The molecule has 6 nitrogen and oxygen atoms in total. The monoisotopic (exact) mass is 1050 g/mol. The molecule has 6 heteroatoms. The van der Waals surface area contributed by atoms with E-state index >= 15 is 0 Å². The maximum Gasteiger partial charge on any atom is 0.306 e. The molecule has 0 saturated heterocycles. The Balaban J connectivity index is 4.28. The lowest BCUT2D eigenvalue weighted by atomic mass is 10.0. The highest BCUT2D eigenvalue weighted by atomic mass is 16.6. The van der Waals surface area contributed by atoms with Crippen molar-refractivity contribution in [1.29, 1.82) is 0 Å². The van der Waals surface area contributed by atoms with Gasteiger partial charge in [-0.25, -0.2) is 0 Å². The van der Waals surface area contributed by atoms with Gasteiger partial charge in [0.25, 0.3) is 0 Å². The fourth-order valence-electron chi connectivity index (χ4n) is 9.93. The second kappa shape index (κ2) is 63.9. The van der Waals surface area contributed by atoms with E-state index in [0.29, 0.717) is 19.3 Å². The van der Waals surface area contributed by atoms with Crippen molar-refractivity contribution >= 4 is 17.9 Å². The van der Waals surface area contributed by atoms with Crippen LogP contribution in [-0.4, -0.2) is 37.2 Å². The molecule has 438 valence electrons. The van der Waals surface area contributed by atoms with Gasteiger partial charge in [-0.15, -0.1) is 0 Å². The van der Waals surface area contributed by atoms with Gasteiger partial charge in [0.1, 0.15) is 13.2 Å². The second-order valence-corrected chi connectivity index (χ2v) is 22.4. The predicted molar refractivity (Wildman–Crippen MR) is 325 cm³/mol. The van der Waals surface area contributed by atoms with Gasteiger partial charge in [0, 0.05) is 19.3 Å². The standard InChI is InChI=1S/C69H126O6/c1-4-7-10-13-16-19-22-25-27-29-31-33-34-36-37-39-41-44-47-50-53-56-59-62-68(71)74-65-66(64-73-67(70)61-58-55-52-49-46-43-24-21-18-15-12-9-6-3)75-69(72)63-60-57-54-51-48-45-42-40-38-35-32-30-28-26-23-20-17-14-11-8-5-2/h9,12,18,21,43,46,52,55,66H,4-8,10-11,13-17,19-20,22-42,44-45,47-51,53-54,56-65H2,1-3H3/b12-9-,21-18-,46-43-,55-52-. The van der Waals surface area contributed by atoms with E-state index in [-0.39, 0.29) is 37.5 Å². The Labute approximate surface area is 467 Å². The number of carbonyl (C=O) groups excluding carboxylic acids is 3. The molecule has 1 atom stereocenters. The third kappa shape index (κ3) is 62.1. The number of hydrogen-bond donors (Lipinski definition) is 0. The molecule has 0 radical (unpaired) electrons. The first-order chi connectivity index (χ1) is 37.0. The molecule has 0 aromatic carbocycles. The van der Waals surface area contributed by atoms with E-state index in [4.69, 9.17) is 14.2 Å². The first kappa shape index (κ1) is 72.4. The molecule has 0 bridgehead atoms. The van der Waals surface area contributed by atoms with Crippen LogP contribution in [0.5, 0.6) is 0 Å². The van der Waals surface area contributed by atoms with Gasteiger partial charge in [0.05, 0.1) is 0 Å². The molecular formula is C69H126O6. The quantitative estimate of drug-likeness (QED) is 0.0261. The maximum atomic E-state index is 12.9. The SMILES string of the molecule is CC/C=C\C/C=C\C/C=C\C/C=C\CCC(=O)OCC(COC(=O)CCCCCCCCCCCCCCCCCCCCCCCCC)OC(=O)CCCCCCCCCCCCCCCCCCCCCCC. The van der Waals surface area contributed by atoms with Crippen LogP contribution < -0.4 is 0 Å². The average molecular weight is 1050 g/mol. The molecule has 0 saturated carbocycles. The van der Waals surface area contributed by atoms with Gasteiger partial charge in [-0.3, -0.25) is 14.4 Å². The highest BCUT2D eigenvalue weighted by Crippen LogP contribution is 2.18. The van der Waals surface area contributed by atoms with E-state index in [1.807, 2.05) is 6.08 Å². The Hall–Kier alpha value is -2.63. The molecule has 0 aliphatic carbocycles. The molecule has 0 aromatic rings. The van der Waals surface area contributed by atoms with Crippen molar-refractivity contribution in [2.75, 3.05) is 13.2 Å². The maximum absolute atomic E-state index is 12.9. The average Bonchev–Trinajstić information content (AvgIpc) is 3.41. The Bertz CT molecular complexity index is 1300. The van der Waals surface area contributed by atoms with Gasteiger partial charge in [-0.1, -0.05) is 339 Å². The molecule has 0 aliphatic rings. The van der Waals surface area contributed by atoms with E-state index < -0.39 is 6.10 Å². The predicted octanol–water partition coefficient (Wildman–Crippen LogP) is 22.6. The molecule has 0 spiro atoms. The number of ether oxygens (including phenoxy) is 3. The molecule has 0 rings (SSSR count). The van der Waals surface area contributed by atoms with Crippen LogP contribution in [0.3, 0.4) is 0 Å². The van der Waals surface area contributed by atoms with Crippen LogP contribution in [0.1, 0.15) is 355 Å². The topological polar surface area (TPSA) is 78.9 Å². The summed E-state index contributed by atoms with van der Waals surface area (Å²) in [5.74, 6) is -0.951. The highest BCUT2D eigenvalue weighted by Gasteiger charge is 2.19. The summed E-state index contributed by atoms with van der Waals surface area (Å²) in [7, 11) is 0. The van der Waals surface area contributed by atoms with E-state index in [9.17, 15) is 14.4 Å². The lowest BCUT2D eigenvalue weighted by molar-refractivity contribution is -0.166. The number of hydrogen-bond acceptors (Lipinski definition) is 6. The third-order valence-electron chi connectivity index (χ3n) is 14.9. The summed E-state index contributed by atoms with van der Waals surface area (Å²) in [6.45, 7) is 6.53. The number of rotatable bonds is 61. The zero-order valence-corrected chi connectivity index (χ0v) is 50.3. The number of carbonyl (C=O) groups is 3. The fraction of sp³-hybridized carbons (Fsp3) is 0.841. The number of unbranched alkanes of at least 4 members (excludes halogenated alkanes) is 42. The van der Waals surface area contributed by atoms with Crippen molar-refractivity contribution in [2.24, 2.45) is 0 Å². The largest absolute Gasteiger partial charge is 0.462 e. The minimum absolute atomic E-state index is 0.0899. The van der Waals surface area contributed by atoms with Crippen LogP contribution in [0, 0.1) is 0 Å². The van der Waals surface area contributed by atoms with Gasteiger partial charge in [-0.05, 0) is 44.9 Å². The van der Waals surface area contributed by atoms with E-state index in [0.717, 1.165) is 64.2 Å². The van der Waals surface area contributed by atoms with Gasteiger partial charge < -0.3 is 14.2 Å². The second-order valence-electron chi connectivity index (χ2n) is 22.4. The summed E-state index contributed by atoms with van der Waals surface area (Å²) in [6, 6.07) is 0. The van der Waals surface area contributed by atoms with Crippen molar-refractivity contribution in [2.45, 2.75) is 361 Å². The Kier molecular flexibility index (Phi) is 61.7. The van der Waals surface area contributed by atoms with Crippen LogP contribution in [0.2, 0.25) is 0 Å². The fourth-order valence-corrected chi connectivity index (χ4v) is 9.93. The summed E-state index contributed by atoms with van der Waals surface area (Å²) in [5, 5.41) is 0. The van der Waals surface area contributed by atoms with E-state index in [2.05, 4.69) is 63.3 Å². The van der Waals surface area contributed by atoms with Crippen molar-refractivity contribution < 1.29 is 28.6 Å². The molecule has 1 unspecified atom stereocenters. The Morgan fingerprint density at radius 2 is 0.520 bits per heavy atom. The van der Waals surface area contributed by atoms with Gasteiger partial charge >= 0.3 is 17.9 Å². The van der Waals surface area contributed by atoms with Crippen LogP contribution in [0.15, 0.2) is 48.6 Å². The van der Waals surface area contributed by atoms with Crippen molar-refractivity contribution in [3.05, 3.63) is 48.6 Å². The molecule has 0 heterocycles. The number of esters is 3. The molecule has 0 amide bonds. The van der Waals surface area contributed by atoms with Gasteiger partial charge in [0.15, 0.2) is 6.10 Å². The van der Waals surface area contributed by atoms with Crippen molar-refractivity contribution in [3.8, 4) is 0 Å². The zero-order chi connectivity index (χ0) is 54.3. The van der Waals surface area contributed by atoms with Crippen molar-refractivity contribution in [3.63, 3.8) is 0 Å². The normalized spacial score (nSPS) is 12.3. The minimum Gasteiger partial charge on any atom is -0.462 e. The van der Waals surface area contributed by atoms with Crippen LogP contribution in [0.4, 0.5) is 0 Å².